The van der Waals surface area contributed by atoms with E-state index in [4.69, 9.17) is 10.2 Å². The van der Waals surface area contributed by atoms with Crippen molar-refractivity contribution in [1.82, 2.24) is 16.0 Å². The van der Waals surface area contributed by atoms with Crippen molar-refractivity contribution in [3.8, 4) is 0 Å². The van der Waals surface area contributed by atoms with Crippen LogP contribution in [-0.4, -0.2) is 34.7 Å². The van der Waals surface area contributed by atoms with Crippen molar-refractivity contribution in [3.63, 3.8) is 0 Å². The van der Waals surface area contributed by atoms with Gasteiger partial charge in [0.25, 0.3) is 0 Å². The molecule has 0 saturated carbocycles. The maximum atomic E-state index is 10.5. The highest BCUT2D eigenvalue weighted by Gasteiger charge is 2.27. The van der Waals surface area contributed by atoms with Gasteiger partial charge in [-0.15, -0.1) is 0 Å². The zero-order valence-electron chi connectivity index (χ0n) is 5.37. The van der Waals surface area contributed by atoms with E-state index in [9.17, 15) is 9.59 Å². The van der Waals surface area contributed by atoms with Crippen LogP contribution in [-0.2, 0) is 4.79 Å². The minimum Gasteiger partial charge on any atom is -0.479 e. The van der Waals surface area contributed by atoms with Gasteiger partial charge in [0.15, 0.2) is 12.5 Å². The lowest BCUT2D eigenvalue weighted by molar-refractivity contribution is -0.142. The molecule has 1 heterocycles. The fraction of sp³-hybridized carbons (Fsp3) is 0.500. The van der Waals surface area contributed by atoms with Crippen molar-refractivity contribution in [2.45, 2.75) is 12.5 Å². The fourth-order valence-corrected chi connectivity index (χ4v) is 0.671. The van der Waals surface area contributed by atoms with Gasteiger partial charge >= 0.3 is 12.0 Å². The Bertz CT molecular complexity index is 194. The Kier molecular flexibility index (Phi) is 1.92. The minimum absolute atomic E-state index is 0.719. The SMILES string of the molecule is O=C1NC(O)NC(C(=O)O)N1. The number of hydrogen-bond acceptors (Lipinski definition) is 4. The molecule has 1 saturated heterocycles. The van der Waals surface area contributed by atoms with Crippen molar-refractivity contribution < 1.29 is 19.8 Å². The predicted molar refractivity (Wildman–Crippen MR) is 32.2 cm³/mol. The summed E-state index contributed by atoms with van der Waals surface area (Å²) in [5, 5.41) is 23.3. The Morgan fingerprint density at radius 1 is 1.45 bits per heavy atom. The number of aliphatic carboxylic acids is 1. The molecule has 2 unspecified atom stereocenters. The molecule has 7 nitrogen and oxygen atoms in total. The summed E-state index contributed by atoms with van der Waals surface area (Å²) in [6.07, 6.45) is -2.55. The standard InChI is InChI=1S/C4H7N3O4/c8-2(9)1-5-3(10)7-4(11)6-1/h1,3,5,10H,(H,8,9)(H2,6,7,11). The second-order valence-corrected chi connectivity index (χ2v) is 1.96. The molecule has 1 fully saturated rings. The third-order valence-electron chi connectivity index (χ3n) is 1.11. The van der Waals surface area contributed by atoms with Crippen LogP contribution in [0.1, 0.15) is 0 Å². The largest absolute Gasteiger partial charge is 0.479 e. The highest BCUT2D eigenvalue weighted by atomic mass is 16.4. The molecule has 1 rings (SSSR count). The summed E-state index contributed by atoms with van der Waals surface area (Å²) in [7, 11) is 0. The Morgan fingerprint density at radius 2 is 2.09 bits per heavy atom. The first kappa shape index (κ1) is 7.76. The monoisotopic (exact) mass is 161 g/mol. The van der Waals surface area contributed by atoms with Crippen molar-refractivity contribution >= 4 is 12.0 Å². The molecule has 0 radical (unpaired) electrons. The first-order chi connectivity index (χ1) is 5.09. The molecule has 0 spiro atoms. The Labute approximate surface area is 61.4 Å². The topological polar surface area (TPSA) is 111 Å². The number of carboxylic acids is 1. The summed E-state index contributed by atoms with van der Waals surface area (Å²) in [5.74, 6) is -1.25. The number of carbonyl (C=O) groups excluding carboxylic acids is 1. The Hall–Kier alpha value is -1.34. The average Bonchev–Trinajstić information content (AvgIpc) is 1.85. The predicted octanol–water partition coefficient (Wildman–Crippen LogP) is -2.42. The van der Waals surface area contributed by atoms with Gasteiger partial charge in [-0.2, -0.15) is 0 Å². The van der Waals surface area contributed by atoms with Crippen LogP contribution in [0, 0.1) is 0 Å². The Morgan fingerprint density at radius 3 is 2.55 bits per heavy atom. The zero-order valence-corrected chi connectivity index (χ0v) is 5.37. The molecule has 0 aromatic heterocycles. The van der Waals surface area contributed by atoms with Gasteiger partial charge in [0.1, 0.15) is 0 Å². The number of nitrogens with one attached hydrogen (secondary N) is 3. The van der Waals surface area contributed by atoms with E-state index in [0.717, 1.165) is 0 Å². The summed E-state index contributed by atoms with van der Waals surface area (Å²) >= 11 is 0. The molecule has 2 amide bonds. The second-order valence-electron chi connectivity index (χ2n) is 1.96. The molecule has 0 aromatic rings. The van der Waals surface area contributed by atoms with Crippen LogP contribution in [0.4, 0.5) is 4.79 Å². The first-order valence-corrected chi connectivity index (χ1v) is 2.83. The molecule has 2 atom stereocenters. The maximum absolute atomic E-state index is 10.5. The van der Waals surface area contributed by atoms with Gasteiger partial charge in [0.05, 0.1) is 0 Å². The number of urea groups is 1. The van der Waals surface area contributed by atoms with E-state index in [0.29, 0.717) is 0 Å². The quantitative estimate of drug-likeness (QED) is 0.294. The summed E-state index contributed by atoms with van der Waals surface area (Å²) in [4.78, 5) is 20.7. The van der Waals surface area contributed by atoms with Gasteiger partial charge in [-0.3, -0.25) is 5.32 Å². The number of carboxylic acid groups (broad SMARTS) is 1. The van der Waals surface area contributed by atoms with Crippen molar-refractivity contribution in [2.75, 3.05) is 0 Å². The number of rotatable bonds is 1. The van der Waals surface area contributed by atoms with E-state index in [1.807, 2.05) is 10.6 Å². The third-order valence-corrected chi connectivity index (χ3v) is 1.11. The van der Waals surface area contributed by atoms with Crippen molar-refractivity contribution in [2.24, 2.45) is 0 Å². The van der Waals surface area contributed by atoms with Gasteiger partial charge in [-0.25, -0.2) is 14.9 Å². The summed E-state index contributed by atoms with van der Waals surface area (Å²) in [6, 6.07) is -0.719. The van der Waals surface area contributed by atoms with E-state index in [1.165, 1.54) is 0 Å². The number of aliphatic hydroxyl groups excluding tert-OH is 1. The van der Waals surface area contributed by atoms with Crippen LogP contribution in [0.25, 0.3) is 0 Å². The number of hydrogen-bond donors (Lipinski definition) is 5. The minimum atomic E-state index is -1.31. The molecule has 0 aliphatic carbocycles. The van der Waals surface area contributed by atoms with E-state index in [2.05, 4.69) is 5.32 Å². The molecule has 11 heavy (non-hydrogen) atoms. The lowest BCUT2D eigenvalue weighted by atomic mass is 10.4. The molecule has 5 N–H and O–H groups in total. The van der Waals surface area contributed by atoms with Gasteiger partial charge in [-0.05, 0) is 0 Å². The van der Waals surface area contributed by atoms with E-state index < -0.39 is 24.5 Å². The molecular formula is C4H7N3O4. The molecule has 62 valence electrons. The first-order valence-electron chi connectivity index (χ1n) is 2.83. The van der Waals surface area contributed by atoms with Crippen LogP contribution in [0.2, 0.25) is 0 Å². The molecule has 1 aliphatic heterocycles. The van der Waals surface area contributed by atoms with E-state index in [1.54, 1.807) is 0 Å². The zero-order chi connectivity index (χ0) is 8.43. The normalized spacial score (nSPS) is 30.5. The van der Waals surface area contributed by atoms with Crippen LogP contribution in [0.15, 0.2) is 0 Å². The van der Waals surface area contributed by atoms with Crippen LogP contribution >= 0.6 is 0 Å². The molecular weight excluding hydrogens is 154 g/mol. The lowest BCUT2D eigenvalue weighted by Crippen LogP contribution is -2.67. The van der Waals surface area contributed by atoms with E-state index in [-0.39, 0.29) is 0 Å². The second kappa shape index (κ2) is 2.72. The third kappa shape index (κ3) is 1.79. The van der Waals surface area contributed by atoms with Crippen LogP contribution in [0.3, 0.4) is 0 Å². The van der Waals surface area contributed by atoms with Gasteiger partial charge < -0.3 is 15.5 Å². The number of aliphatic hydroxyl groups is 1. The smallest absolute Gasteiger partial charge is 0.341 e. The van der Waals surface area contributed by atoms with Gasteiger partial charge in [0, 0.05) is 0 Å². The maximum Gasteiger partial charge on any atom is 0.341 e. The molecule has 1 aliphatic rings. The van der Waals surface area contributed by atoms with Crippen LogP contribution in [0.5, 0.6) is 0 Å². The van der Waals surface area contributed by atoms with Gasteiger partial charge in [-0.1, -0.05) is 0 Å². The van der Waals surface area contributed by atoms with E-state index >= 15 is 0 Å². The summed E-state index contributed by atoms with van der Waals surface area (Å²) in [6.45, 7) is 0. The Balaban J connectivity index is 2.56. The summed E-state index contributed by atoms with van der Waals surface area (Å²) < 4.78 is 0. The van der Waals surface area contributed by atoms with Crippen molar-refractivity contribution in [1.29, 1.82) is 0 Å². The molecule has 0 aromatic carbocycles. The fourth-order valence-electron chi connectivity index (χ4n) is 0.671. The van der Waals surface area contributed by atoms with Crippen LogP contribution < -0.4 is 16.0 Å². The molecule has 7 heteroatoms. The molecule has 0 bridgehead atoms. The van der Waals surface area contributed by atoms with Gasteiger partial charge in [0.2, 0.25) is 0 Å². The lowest BCUT2D eigenvalue weighted by Gasteiger charge is -2.26. The van der Waals surface area contributed by atoms with Crippen molar-refractivity contribution in [3.05, 3.63) is 0 Å². The average molecular weight is 161 g/mol. The summed E-state index contributed by atoms with van der Waals surface area (Å²) in [5.41, 5.74) is 0. The highest BCUT2D eigenvalue weighted by molar-refractivity contribution is 5.83. The number of carbonyl (C=O) groups is 2. The highest BCUT2D eigenvalue weighted by Crippen LogP contribution is 1.87. The number of amides is 2.